The van der Waals surface area contributed by atoms with Gasteiger partial charge < -0.3 is 5.43 Å². The number of hydrogen-bond acceptors (Lipinski definition) is 4. The number of allylic oxidation sites excluding steroid dienone is 2. The number of carbonyl (C=O) groups is 2. The van der Waals surface area contributed by atoms with Crippen LogP contribution < -0.4 is 10.9 Å². The molecule has 3 rings (SSSR count). The quantitative estimate of drug-likeness (QED) is 0.851. The number of nitrogens with zero attached hydrogens (tertiary/aromatic N) is 1. The number of amides is 1. The molecule has 1 atom stereocenters. The fourth-order valence-electron chi connectivity index (χ4n) is 2.65. The average molecular weight is 307 g/mol. The van der Waals surface area contributed by atoms with Crippen LogP contribution in [0, 0.1) is 0 Å². The van der Waals surface area contributed by atoms with E-state index in [0.29, 0.717) is 24.1 Å². The van der Waals surface area contributed by atoms with Crippen LogP contribution in [0.2, 0.25) is 0 Å². The fourth-order valence-corrected chi connectivity index (χ4v) is 2.65. The lowest BCUT2D eigenvalue weighted by atomic mass is 9.86. The van der Waals surface area contributed by atoms with Crippen LogP contribution in [0.25, 0.3) is 0 Å². The third-order valence-corrected chi connectivity index (χ3v) is 3.78. The number of nitrogens with one attached hydrogen (secondary N) is 2. The number of hydrogen-bond donors (Lipinski definition) is 2. The van der Waals surface area contributed by atoms with E-state index in [0.717, 1.165) is 5.56 Å². The molecule has 0 radical (unpaired) electrons. The molecular formula is C18H17N3O2. The van der Waals surface area contributed by atoms with Gasteiger partial charge in [-0.25, -0.2) is 0 Å². The monoisotopic (exact) mass is 307 g/mol. The second-order valence-electron chi connectivity index (χ2n) is 5.47. The van der Waals surface area contributed by atoms with Gasteiger partial charge in [-0.2, -0.15) is 0 Å². The maximum Gasteiger partial charge on any atom is 0.271 e. The van der Waals surface area contributed by atoms with Gasteiger partial charge in [-0.05, 0) is 30.0 Å². The molecule has 0 bridgehead atoms. The molecule has 1 amide bonds. The second-order valence-corrected chi connectivity index (χ2v) is 5.47. The maximum atomic E-state index is 12.0. The van der Waals surface area contributed by atoms with E-state index in [2.05, 4.69) is 15.8 Å². The van der Waals surface area contributed by atoms with Crippen molar-refractivity contribution in [2.24, 2.45) is 0 Å². The lowest BCUT2D eigenvalue weighted by molar-refractivity contribution is -0.115. The van der Waals surface area contributed by atoms with Crippen molar-refractivity contribution < 1.29 is 9.59 Å². The van der Waals surface area contributed by atoms with Crippen molar-refractivity contribution in [2.75, 3.05) is 0 Å². The van der Waals surface area contributed by atoms with Gasteiger partial charge in [0.2, 0.25) is 0 Å². The van der Waals surface area contributed by atoms with Gasteiger partial charge >= 0.3 is 0 Å². The number of carbonyl (C=O) groups excluding carboxylic acids is 2. The molecule has 0 fully saturated rings. The summed E-state index contributed by atoms with van der Waals surface area (Å²) in [4.78, 5) is 27.8. The van der Waals surface area contributed by atoms with Gasteiger partial charge in [0.1, 0.15) is 0 Å². The molecule has 1 heterocycles. The summed E-state index contributed by atoms with van der Waals surface area (Å²) in [6, 6.07) is 13.3. The number of ketones is 1. The zero-order valence-electron chi connectivity index (χ0n) is 12.5. The summed E-state index contributed by atoms with van der Waals surface area (Å²) in [7, 11) is 0. The van der Waals surface area contributed by atoms with Crippen LogP contribution in [0.15, 0.2) is 66.6 Å². The van der Waals surface area contributed by atoms with Crippen molar-refractivity contribution in [3.8, 4) is 0 Å². The van der Waals surface area contributed by atoms with Gasteiger partial charge in [0.15, 0.2) is 5.78 Å². The molecule has 1 aromatic heterocycles. The minimum absolute atomic E-state index is 0.0585. The van der Waals surface area contributed by atoms with Crippen LogP contribution in [0.4, 0.5) is 0 Å². The van der Waals surface area contributed by atoms with Crippen LogP contribution in [0.1, 0.15) is 34.7 Å². The Kier molecular flexibility index (Phi) is 4.47. The highest BCUT2D eigenvalue weighted by molar-refractivity contribution is 5.94. The minimum atomic E-state index is -0.284. The van der Waals surface area contributed by atoms with Crippen LogP contribution in [0.3, 0.4) is 0 Å². The lowest BCUT2D eigenvalue weighted by Gasteiger charge is -2.23. The molecule has 0 aliphatic heterocycles. The normalized spacial score (nSPS) is 17.3. The number of rotatable bonds is 4. The summed E-state index contributed by atoms with van der Waals surface area (Å²) < 4.78 is 0. The second kappa shape index (κ2) is 6.87. The van der Waals surface area contributed by atoms with Gasteiger partial charge in [0, 0.05) is 30.6 Å². The van der Waals surface area contributed by atoms with Crippen molar-refractivity contribution >= 4 is 11.7 Å². The Morgan fingerprint density at radius 2 is 1.91 bits per heavy atom. The number of pyridine rings is 1. The molecule has 0 spiro atoms. The smallest absolute Gasteiger partial charge is 0.271 e. The van der Waals surface area contributed by atoms with E-state index >= 15 is 0 Å². The minimum Gasteiger partial charge on any atom is -0.302 e. The zero-order valence-corrected chi connectivity index (χ0v) is 12.5. The Hall–Kier alpha value is -2.95. The third-order valence-electron chi connectivity index (χ3n) is 3.78. The first-order chi connectivity index (χ1) is 11.2. The van der Waals surface area contributed by atoms with E-state index in [9.17, 15) is 9.59 Å². The first kappa shape index (κ1) is 15.0. The van der Waals surface area contributed by atoms with Crippen LogP contribution in [-0.4, -0.2) is 16.7 Å². The molecule has 1 aliphatic rings. The SMILES string of the molecule is O=C1C=C(NNC(=O)c2cccnc2)CC(c2ccccc2)C1. The van der Waals surface area contributed by atoms with Crippen molar-refractivity contribution in [1.82, 2.24) is 15.8 Å². The highest BCUT2D eigenvalue weighted by Gasteiger charge is 2.22. The summed E-state index contributed by atoms with van der Waals surface area (Å²) in [6.07, 6.45) is 5.83. The van der Waals surface area contributed by atoms with Crippen LogP contribution >= 0.6 is 0 Å². The molecule has 2 N–H and O–H groups in total. The van der Waals surface area contributed by atoms with Crippen molar-refractivity contribution in [3.05, 3.63) is 77.8 Å². The predicted molar refractivity (Wildman–Crippen MR) is 86.3 cm³/mol. The van der Waals surface area contributed by atoms with Gasteiger partial charge in [0.25, 0.3) is 5.91 Å². The third kappa shape index (κ3) is 3.83. The van der Waals surface area contributed by atoms with Crippen LogP contribution in [-0.2, 0) is 4.79 Å². The van der Waals surface area contributed by atoms with E-state index in [1.54, 1.807) is 24.4 Å². The Morgan fingerprint density at radius 1 is 1.09 bits per heavy atom. The average Bonchev–Trinajstić information content (AvgIpc) is 2.61. The summed E-state index contributed by atoms with van der Waals surface area (Å²) in [6.45, 7) is 0. The zero-order chi connectivity index (χ0) is 16.1. The maximum absolute atomic E-state index is 12.0. The standard InChI is InChI=1S/C18H17N3O2/c22-17-10-15(13-5-2-1-3-6-13)9-16(11-17)20-21-18(23)14-7-4-8-19-12-14/h1-8,11-12,15,20H,9-10H2,(H,21,23). The molecule has 1 aromatic carbocycles. The predicted octanol–water partition coefficient (Wildman–Crippen LogP) is 2.35. The first-order valence-electron chi connectivity index (χ1n) is 7.47. The molecule has 1 unspecified atom stereocenters. The Balaban J connectivity index is 1.64. The largest absolute Gasteiger partial charge is 0.302 e. The molecule has 23 heavy (non-hydrogen) atoms. The van der Waals surface area contributed by atoms with E-state index in [1.165, 1.54) is 6.20 Å². The molecule has 0 saturated carbocycles. The van der Waals surface area contributed by atoms with E-state index in [-0.39, 0.29) is 17.6 Å². The molecule has 1 aliphatic carbocycles. The number of aromatic nitrogens is 1. The molecule has 2 aromatic rings. The highest BCUT2D eigenvalue weighted by Crippen LogP contribution is 2.29. The highest BCUT2D eigenvalue weighted by atomic mass is 16.2. The lowest BCUT2D eigenvalue weighted by Crippen LogP contribution is -2.38. The summed E-state index contributed by atoms with van der Waals surface area (Å²) >= 11 is 0. The van der Waals surface area contributed by atoms with E-state index < -0.39 is 0 Å². The molecule has 0 saturated heterocycles. The van der Waals surface area contributed by atoms with Crippen molar-refractivity contribution in [1.29, 1.82) is 0 Å². The number of benzene rings is 1. The van der Waals surface area contributed by atoms with E-state index in [1.807, 2.05) is 30.3 Å². The first-order valence-corrected chi connectivity index (χ1v) is 7.47. The van der Waals surface area contributed by atoms with E-state index in [4.69, 9.17) is 0 Å². The van der Waals surface area contributed by atoms with Crippen LogP contribution in [0.5, 0.6) is 0 Å². The Labute approximate surface area is 134 Å². The fraction of sp³-hybridized carbons (Fsp3) is 0.167. The molecular weight excluding hydrogens is 290 g/mol. The Morgan fingerprint density at radius 3 is 2.65 bits per heavy atom. The summed E-state index contributed by atoms with van der Waals surface area (Å²) in [5.41, 5.74) is 7.78. The van der Waals surface area contributed by atoms with Crippen molar-refractivity contribution in [2.45, 2.75) is 18.8 Å². The van der Waals surface area contributed by atoms with Crippen molar-refractivity contribution in [3.63, 3.8) is 0 Å². The van der Waals surface area contributed by atoms with Gasteiger partial charge in [-0.1, -0.05) is 30.3 Å². The summed E-state index contributed by atoms with van der Waals surface area (Å²) in [5.74, 6) is -0.0944. The molecule has 5 nitrogen and oxygen atoms in total. The summed E-state index contributed by atoms with van der Waals surface area (Å²) in [5, 5.41) is 0. The molecule has 5 heteroatoms. The topological polar surface area (TPSA) is 71.1 Å². The van der Waals surface area contributed by atoms with Gasteiger partial charge in [0.05, 0.1) is 5.56 Å². The van der Waals surface area contributed by atoms with Gasteiger partial charge in [-0.15, -0.1) is 0 Å². The number of hydrazine groups is 1. The van der Waals surface area contributed by atoms with Gasteiger partial charge in [-0.3, -0.25) is 20.0 Å². The molecule has 116 valence electrons. The Bertz CT molecular complexity index is 726.